The molecule has 1 spiro atoms. The summed E-state index contributed by atoms with van der Waals surface area (Å²) in [7, 11) is 1.48. The van der Waals surface area contributed by atoms with Gasteiger partial charge in [-0.3, -0.25) is 14.6 Å². The normalized spacial score (nSPS) is 21.4. The lowest BCUT2D eigenvalue weighted by molar-refractivity contribution is -0.135. The van der Waals surface area contributed by atoms with Crippen molar-refractivity contribution in [3.05, 3.63) is 36.0 Å². The van der Waals surface area contributed by atoms with Gasteiger partial charge in [0.1, 0.15) is 0 Å². The molecular formula is C31H53BN4O5S2. The van der Waals surface area contributed by atoms with E-state index in [0.717, 1.165) is 29.7 Å². The SMILES string of the molecule is C=N/C=C(\NCC1CC2(CC2)CN1C(=O)C(NC)C(C)C)c1ccc(B2OC(C)(C)C(C)(C)O2)cc1.CC.O=CO.SS. The molecule has 242 valence electrons. The van der Waals surface area contributed by atoms with Crippen LogP contribution in [0, 0.1) is 11.3 Å². The first-order valence-electron chi connectivity index (χ1n) is 14.9. The summed E-state index contributed by atoms with van der Waals surface area (Å²) < 4.78 is 12.4. The molecule has 43 heavy (non-hydrogen) atoms. The predicted molar refractivity (Wildman–Crippen MR) is 185 cm³/mol. The molecule has 12 heteroatoms. The minimum absolute atomic E-state index is 0.159. The third kappa shape index (κ3) is 10.0. The molecule has 9 nitrogen and oxygen atoms in total. The highest BCUT2D eigenvalue weighted by molar-refractivity contribution is 8.59. The topological polar surface area (TPSA) is 112 Å². The number of carbonyl (C=O) groups is 2. The zero-order chi connectivity index (χ0) is 33.0. The minimum atomic E-state index is -0.393. The van der Waals surface area contributed by atoms with Crippen LogP contribution < -0.4 is 16.1 Å². The van der Waals surface area contributed by atoms with E-state index in [9.17, 15) is 4.79 Å². The molecule has 2 saturated heterocycles. The Labute approximate surface area is 270 Å². The number of nitrogens with zero attached hydrogens (tertiary/aromatic N) is 2. The summed E-state index contributed by atoms with van der Waals surface area (Å²) in [6, 6.07) is 8.20. The van der Waals surface area contributed by atoms with Crippen LogP contribution in [0.1, 0.15) is 80.2 Å². The zero-order valence-electron chi connectivity index (χ0n) is 27.4. The Kier molecular flexibility index (Phi) is 15.9. The highest BCUT2D eigenvalue weighted by Crippen LogP contribution is 2.54. The molecule has 2 atom stereocenters. The largest absolute Gasteiger partial charge is 0.494 e. The number of nitrogens with one attached hydrogen (secondary N) is 2. The lowest BCUT2D eigenvalue weighted by Crippen LogP contribution is -2.51. The van der Waals surface area contributed by atoms with Crippen molar-refractivity contribution in [3.8, 4) is 0 Å². The molecule has 3 fully saturated rings. The number of carbonyl (C=O) groups excluding carboxylic acids is 1. The fourth-order valence-electron chi connectivity index (χ4n) is 5.41. The van der Waals surface area contributed by atoms with E-state index in [1.165, 1.54) is 12.8 Å². The van der Waals surface area contributed by atoms with E-state index in [2.05, 4.69) is 104 Å². The lowest BCUT2D eigenvalue weighted by atomic mass is 9.79. The Bertz CT molecular complexity index is 1050. The van der Waals surface area contributed by atoms with Gasteiger partial charge in [0.2, 0.25) is 5.91 Å². The van der Waals surface area contributed by atoms with Crippen molar-refractivity contribution in [3.63, 3.8) is 0 Å². The van der Waals surface area contributed by atoms with E-state index in [1.54, 1.807) is 6.20 Å². The summed E-state index contributed by atoms with van der Waals surface area (Å²) in [4.78, 5) is 27.9. The lowest BCUT2D eigenvalue weighted by Gasteiger charge is -2.32. The quantitative estimate of drug-likeness (QED) is 0.0880. The van der Waals surface area contributed by atoms with Crippen LogP contribution in [0.25, 0.3) is 5.70 Å². The van der Waals surface area contributed by atoms with Crippen molar-refractivity contribution in [2.24, 2.45) is 16.3 Å². The summed E-state index contributed by atoms with van der Waals surface area (Å²) in [5.74, 6) is 0.456. The van der Waals surface area contributed by atoms with Crippen molar-refractivity contribution < 1.29 is 24.0 Å². The summed E-state index contributed by atoms with van der Waals surface area (Å²) >= 11 is 6.44. The smallest absolute Gasteiger partial charge is 0.483 e. The first-order chi connectivity index (χ1) is 20.3. The van der Waals surface area contributed by atoms with Gasteiger partial charge in [0.25, 0.3) is 6.47 Å². The maximum Gasteiger partial charge on any atom is 0.494 e. The molecule has 1 amide bonds. The molecule has 0 aromatic heterocycles. The van der Waals surface area contributed by atoms with E-state index < -0.39 is 7.12 Å². The molecule has 3 N–H and O–H groups in total. The standard InChI is InChI=1S/C28H43BN4O3.C2H6.CH2O2.H2S2/c1-19(2)24(31-8)25(34)33-18-28(13-14-28)15-22(33)16-32-23(17-30-7)20-9-11-21(12-10-20)29-35-26(3,4)27(5,6)36-29;1-2;2-1-3;1-2/h9-12,17,19,22,24,31-32H,7,13-16,18H2,1-6,8H3;1-2H3;1H,(H,2,3);1-2H/b23-17-;;;. The monoisotopic (exact) mass is 636 g/mol. The number of likely N-dealkylation sites (tertiary alicyclic amines) is 1. The fourth-order valence-corrected chi connectivity index (χ4v) is 5.41. The first kappa shape index (κ1) is 39.0. The van der Waals surface area contributed by atoms with Gasteiger partial charge in [-0.25, -0.2) is 0 Å². The van der Waals surface area contributed by atoms with Crippen molar-refractivity contribution in [2.45, 2.75) is 97.9 Å². The number of hydrogen-bond donors (Lipinski definition) is 5. The number of benzene rings is 1. The molecule has 0 radical (unpaired) electrons. The van der Waals surface area contributed by atoms with Crippen molar-refractivity contribution in [1.29, 1.82) is 0 Å². The highest BCUT2D eigenvalue weighted by Gasteiger charge is 2.54. The van der Waals surface area contributed by atoms with Gasteiger partial charge in [-0.2, -0.15) is 0 Å². The van der Waals surface area contributed by atoms with E-state index in [1.807, 2.05) is 33.0 Å². The van der Waals surface area contributed by atoms with Crippen LogP contribution in [0.5, 0.6) is 0 Å². The van der Waals surface area contributed by atoms with Crippen LogP contribution in [0.4, 0.5) is 0 Å². The van der Waals surface area contributed by atoms with Crippen molar-refractivity contribution in [2.75, 3.05) is 20.1 Å². The number of thiol groups is 2. The van der Waals surface area contributed by atoms with Crippen LogP contribution in [0.15, 0.2) is 35.5 Å². The number of hydrogen-bond acceptors (Lipinski definition) is 9. The average Bonchev–Trinajstić information content (AvgIpc) is 3.57. The number of amides is 1. The second-order valence-corrected chi connectivity index (χ2v) is 12.3. The van der Waals surface area contributed by atoms with E-state index >= 15 is 0 Å². The molecule has 2 heterocycles. The van der Waals surface area contributed by atoms with Crippen LogP contribution >= 0.6 is 23.3 Å². The first-order valence-corrected chi connectivity index (χ1v) is 16.5. The second-order valence-electron chi connectivity index (χ2n) is 12.3. The Balaban J connectivity index is 0.00000122. The second kappa shape index (κ2) is 17.5. The van der Waals surface area contributed by atoms with Crippen LogP contribution in [-0.2, 0) is 18.9 Å². The third-order valence-electron chi connectivity index (χ3n) is 8.59. The maximum atomic E-state index is 13.4. The van der Waals surface area contributed by atoms with Gasteiger partial charge in [0.05, 0.1) is 22.9 Å². The van der Waals surface area contributed by atoms with Gasteiger partial charge in [-0.05, 0) is 83.1 Å². The summed E-state index contributed by atoms with van der Waals surface area (Å²) in [6.07, 6.45) is 5.24. The molecular weight excluding hydrogens is 583 g/mol. The Morgan fingerprint density at radius 3 is 2.09 bits per heavy atom. The Hall–Kier alpha value is -1.99. The Morgan fingerprint density at radius 2 is 1.67 bits per heavy atom. The molecule has 2 aliphatic heterocycles. The fraction of sp³-hybridized carbons (Fsp3) is 0.645. The molecule has 0 bridgehead atoms. The molecule has 1 aromatic rings. The van der Waals surface area contributed by atoms with Gasteiger partial charge < -0.3 is 29.9 Å². The zero-order valence-corrected chi connectivity index (χ0v) is 29.2. The van der Waals surface area contributed by atoms with Crippen molar-refractivity contribution in [1.82, 2.24) is 15.5 Å². The van der Waals surface area contributed by atoms with Gasteiger partial charge in [-0.1, -0.05) is 52.0 Å². The number of likely N-dealkylation sites (N-methyl/N-ethyl adjacent to an activating group) is 1. The average molecular weight is 637 g/mol. The molecule has 1 aromatic carbocycles. The maximum absolute atomic E-state index is 13.4. The minimum Gasteiger partial charge on any atom is -0.483 e. The Morgan fingerprint density at radius 1 is 1.16 bits per heavy atom. The predicted octanol–water partition coefficient (Wildman–Crippen LogP) is 4.69. The van der Waals surface area contributed by atoms with E-state index in [-0.39, 0.29) is 41.6 Å². The van der Waals surface area contributed by atoms with Gasteiger partial charge in [0.15, 0.2) is 0 Å². The van der Waals surface area contributed by atoms with Gasteiger partial charge in [-0.15, -0.1) is 23.3 Å². The number of aliphatic imine (C=N–C) groups is 1. The highest BCUT2D eigenvalue weighted by atomic mass is 33.1. The summed E-state index contributed by atoms with van der Waals surface area (Å²) in [5.41, 5.74) is 2.46. The molecule has 1 aliphatic carbocycles. The summed E-state index contributed by atoms with van der Waals surface area (Å²) in [5, 5.41) is 13.7. The third-order valence-corrected chi connectivity index (χ3v) is 8.59. The van der Waals surface area contributed by atoms with E-state index in [0.29, 0.717) is 12.0 Å². The van der Waals surface area contributed by atoms with E-state index in [4.69, 9.17) is 19.2 Å². The molecule has 1 saturated carbocycles. The van der Waals surface area contributed by atoms with Crippen LogP contribution in [0.3, 0.4) is 0 Å². The van der Waals surface area contributed by atoms with Gasteiger partial charge in [0, 0.05) is 25.3 Å². The molecule has 3 aliphatic rings. The van der Waals surface area contributed by atoms with Crippen molar-refractivity contribution >= 4 is 60.7 Å². The molecule has 4 rings (SSSR count). The van der Waals surface area contributed by atoms with Crippen LogP contribution in [0.2, 0.25) is 0 Å². The molecule has 2 unspecified atom stereocenters. The number of carboxylic acid groups (broad SMARTS) is 1. The summed E-state index contributed by atoms with van der Waals surface area (Å²) in [6.45, 7) is 21.4. The van der Waals surface area contributed by atoms with Crippen LogP contribution in [-0.4, -0.2) is 79.6 Å². The number of rotatable bonds is 9. The van der Waals surface area contributed by atoms with Gasteiger partial charge >= 0.3 is 7.12 Å².